The first-order chi connectivity index (χ1) is 9.30. The molecule has 1 rings (SSSR count). The van der Waals surface area contributed by atoms with Crippen LogP contribution in [0.4, 0.5) is 11.6 Å². The van der Waals surface area contributed by atoms with Gasteiger partial charge in [-0.25, -0.2) is 29.0 Å². The number of hydrogen-bond acceptors (Lipinski definition) is 7. The summed E-state index contributed by atoms with van der Waals surface area (Å²) in [6.07, 6.45) is 0. The van der Waals surface area contributed by atoms with Gasteiger partial charge in [0.2, 0.25) is 10.0 Å². The standard InChI is InChI=1S/C11H22N6O2S/c1-7(2)9-15-10(8(3)11(16-9)17-12)14-5-6-20(18,19)13-4/h7,13H,5-6,12H2,1-4H3,(H2,14,15,16,17). The van der Waals surface area contributed by atoms with E-state index in [0.717, 1.165) is 5.56 Å². The maximum absolute atomic E-state index is 11.4. The Labute approximate surface area is 119 Å². The van der Waals surface area contributed by atoms with Crippen LogP contribution in [0.2, 0.25) is 0 Å². The molecule has 1 aromatic heterocycles. The fourth-order valence-corrected chi connectivity index (χ4v) is 2.09. The molecule has 20 heavy (non-hydrogen) atoms. The number of sulfonamides is 1. The van der Waals surface area contributed by atoms with Gasteiger partial charge >= 0.3 is 0 Å². The number of aromatic nitrogens is 2. The van der Waals surface area contributed by atoms with Gasteiger partial charge in [-0.2, -0.15) is 0 Å². The molecule has 0 aliphatic heterocycles. The molecule has 0 spiro atoms. The summed E-state index contributed by atoms with van der Waals surface area (Å²) < 4.78 is 25.0. The van der Waals surface area contributed by atoms with Gasteiger partial charge in [0, 0.05) is 18.0 Å². The first kappa shape index (κ1) is 16.6. The third-order valence-electron chi connectivity index (χ3n) is 2.79. The maximum Gasteiger partial charge on any atom is 0.213 e. The van der Waals surface area contributed by atoms with Gasteiger partial charge in [-0.1, -0.05) is 13.8 Å². The molecule has 1 aromatic rings. The summed E-state index contributed by atoms with van der Waals surface area (Å²) in [5, 5.41) is 3.01. The van der Waals surface area contributed by atoms with Crippen LogP contribution in [0.15, 0.2) is 0 Å². The van der Waals surface area contributed by atoms with Crippen molar-refractivity contribution in [1.29, 1.82) is 0 Å². The Morgan fingerprint density at radius 2 is 1.85 bits per heavy atom. The lowest BCUT2D eigenvalue weighted by molar-refractivity contribution is 0.588. The zero-order valence-electron chi connectivity index (χ0n) is 12.2. The minimum atomic E-state index is -3.24. The van der Waals surface area contributed by atoms with Crippen molar-refractivity contribution < 1.29 is 8.42 Å². The maximum atomic E-state index is 11.4. The number of nitrogens with two attached hydrogens (primary N) is 1. The highest BCUT2D eigenvalue weighted by molar-refractivity contribution is 7.89. The van der Waals surface area contributed by atoms with E-state index < -0.39 is 10.0 Å². The van der Waals surface area contributed by atoms with Crippen molar-refractivity contribution >= 4 is 21.7 Å². The van der Waals surface area contributed by atoms with Gasteiger partial charge in [0.05, 0.1) is 5.75 Å². The summed E-state index contributed by atoms with van der Waals surface area (Å²) in [6.45, 7) is 6.01. The number of nitrogens with zero attached hydrogens (tertiary/aromatic N) is 2. The third kappa shape index (κ3) is 4.29. The highest BCUT2D eigenvalue weighted by Gasteiger charge is 2.13. The first-order valence-corrected chi connectivity index (χ1v) is 7.96. The fourth-order valence-electron chi connectivity index (χ4n) is 1.51. The lowest BCUT2D eigenvalue weighted by Gasteiger charge is -2.15. The molecule has 9 heteroatoms. The van der Waals surface area contributed by atoms with E-state index >= 15 is 0 Å². The molecule has 0 radical (unpaired) electrons. The van der Waals surface area contributed by atoms with Crippen molar-refractivity contribution in [2.45, 2.75) is 26.7 Å². The number of rotatable bonds is 7. The van der Waals surface area contributed by atoms with E-state index in [1.807, 2.05) is 20.8 Å². The molecule has 114 valence electrons. The summed E-state index contributed by atoms with van der Waals surface area (Å²) in [5.41, 5.74) is 3.28. The van der Waals surface area contributed by atoms with Crippen LogP contribution in [-0.4, -0.2) is 37.7 Å². The quantitative estimate of drug-likeness (QED) is 0.418. The topological polar surface area (TPSA) is 122 Å². The highest BCUT2D eigenvalue weighted by Crippen LogP contribution is 2.22. The summed E-state index contributed by atoms with van der Waals surface area (Å²) in [7, 11) is -1.85. The molecule has 0 aliphatic rings. The van der Waals surface area contributed by atoms with E-state index in [2.05, 4.69) is 25.4 Å². The number of hydrazine groups is 1. The lowest BCUT2D eigenvalue weighted by Crippen LogP contribution is -2.26. The van der Waals surface area contributed by atoms with Crippen LogP contribution in [0.25, 0.3) is 0 Å². The number of anilines is 2. The van der Waals surface area contributed by atoms with Gasteiger partial charge in [-0.05, 0) is 14.0 Å². The fraction of sp³-hybridized carbons (Fsp3) is 0.636. The molecule has 0 saturated heterocycles. The minimum absolute atomic E-state index is 0.0324. The van der Waals surface area contributed by atoms with Crippen molar-refractivity contribution in [3.63, 3.8) is 0 Å². The summed E-state index contributed by atoms with van der Waals surface area (Å²) in [5.74, 6) is 7.30. The van der Waals surface area contributed by atoms with E-state index in [0.29, 0.717) is 17.5 Å². The second-order valence-corrected chi connectivity index (χ2v) is 6.70. The van der Waals surface area contributed by atoms with E-state index in [1.54, 1.807) is 0 Å². The molecule has 0 amide bonds. The van der Waals surface area contributed by atoms with Gasteiger partial charge in [0.15, 0.2) is 0 Å². The number of nitrogen functional groups attached to an aromatic ring is 1. The SMILES string of the molecule is CNS(=O)(=O)CCNc1nc(C(C)C)nc(NN)c1C. The first-order valence-electron chi connectivity index (χ1n) is 6.31. The van der Waals surface area contributed by atoms with Gasteiger partial charge in [-0.15, -0.1) is 0 Å². The normalized spacial score (nSPS) is 11.7. The third-order valence-corrected chi connectivity index (χ3v) is 4.15. The Hall–Kier alpha value is -1.45. The molecule has 0 atom stereocenters. The molecule has 0 aliphatic carbocycles. The summed E-state index contributed by atoms with van der Waals surface area (Å²) in [6, 6.07) is 0. The molecular formula is C11H22N6O2S. The largest absolute Gasteiger partial charge is 0.369 e. The van der Waals surface area contributed by atoms with Crippen LogP contribution in [0.3, 0.4) is 0 Å². The predicted molar refractivity (Wildman–Crippen MR) is 80.0 cm³/mol. The van der Waals surface area contributed by atoms with Crippen molar-refractivity contribution in [3.8, 4) is 0 Å². The van der Waals surface area contributed by atoms with Crippen molar-refractivity contribution in [1.82, 2.24) is 14.7 Å². The Bertz CT molecular complexity index is 558. The average Bonchev–Trinajstić information content (AvgIpc) is 2.40. The Kier molecular flexibility index (Phi) is 5.66. The predicted octanol–water partition coefficient (Wildman–Crippen LogP) is 0.155. The average molecular weight is 302 g/mol. The van der Waals surface area contributed by atoms with Crippen molar-refractivity contribution in [2.75, 3.05) is 30.1 Å². The van der Waals surface area contributed by atoms with Crippen LogP contribution < -0.4 is 21.3 Å². The van der Waals surface area contributed by atoms with Crippen LogP contribution in [-0.2, 0) is 10.0 Å². The second kappa shape index (κ2) is 6.82. The van der Waals surface area contributed by atoms with Crippen molar-refractivity contribution in [3.05, 3.63) is 11.4 Å². The summed E-state index contributed by atoms with van der Waals surface area (Å²) in [4.78, 5) is 8.70. The summed E-state index contributed by atoms with van der Waals surface area (Å²) >= 11 is 0. The van der Waals surface area contributed by atoms with E-state index in [1.165, 1.54) is 7.05 Å². The zero-order chi connectivity index (χ0) is 15.3. The molecule has 0 saturated carbocycles. The van der Waals surface area contributed by atoms with Gasteiger partial charge in [0.25, 0.3) is 0 Å². The lowest BCUT2D eigenvalue weighted by atomic mass is 10.2. The Balaban J connectivity index is 2.91. The van der Waals surface area contributed by atoms with Crippen LogP contribution in [0.1, 0.15) is 31.2 Å². The Morgan fingerprint density at radius 3 is 2.35 bits per heavy atom. The van der Waals surface area contributed by atoms with Crippen LogP contribution in [0.5, 0.6) is 0 Å². The van der Waals surface area contributed by atoms with E-state index in [-0.39, 0.29) is 18.2 Å². The monoisotopic (exact) mass is 302 g/mol. The molecule has 0 unspecified atom stereocenters. The van der Waals surface area contributed by atoms with Gasteiger partial charge in [-0.3, -0.25) is 0 Å². The van der Waals surface area contributed by atoms with Crippen LogP contribution in [0, 0.1) is 6.92 Å². The van der Waals surface area contributed by atoms with Crippen LogP contribution >= 0.6 is 0 Å². The number of hydrogen-bond donors (Lipinski definition) is 4. The van der Waals surface area contributed by atoms with Gasteiger partial charge in [0.1, 0.15) is 17.5 Å². The van der Waals surface area contributed by atoms with Crippen molar-refractivity contribution in [2.24, 2.45) is 5.84 Å². The smallest absolute Gasteiger partial charge is 0.213 e. The molecule has 0 aromatic carbocycles. The molecule has 0 bridgehead atoms. The zero-order valence-corrected chi connectivity index (χ0v) is 13.0. The molecule has 8 nitrogen and oxygen atoms in total. The number of nitrogens with one attached hydrogen (secondary N) is 3. The minimum Gasteiger partial charge on any atom is -0.369 e. The second-order valence-electron chi connectivity index (χ2n) is 4.65. The molecule has 1 heterocycles. The highest BCUT2D eigenvalue weighted by atomic mass is 32.2. The van der Waals surface area contributed by atoms with E-state index in [4.69, 9.17) is 5.84 Å². The molecule has 0 fully saturated rings. The van der Waals surface area contributed by atoms with E-state index in [9.17, 15) is 8.42 Å². The Morgan fingerprint density at radius 1 is 1.25 bits per heavy atom. The molecule has 5 N–H and O–H groups in total. The van der Waals surface area contributed by atoms with Gasteiger partial charge < -0.3 is 10.7 Å². The molecular weight excluding hydrogens is 280 g/mol.